The van der Waals surface area contributed by atoms with Gasteiger partial charge in [-0.15, -0.1) is 0 Å². The van der Waals surface area contributed by atoms with Crippen LogP contribution in [-0.4, -0.2) is 23.8 Å². The number of aryl methyl sites for hydroxylation is 1. The molecule has 82 valence electrons. The van der Waals surface area contributed by atoms with Crippen molar-refractivity contribution in [3.63, 3.8) is 0 Å². The Morgan fingerprint density at radius 2 is 2.00 bits per heavy atom. The first kappa shape index (κ1) is 11.7. The summed E-state index contributed by atoms with van der Waals surface area (Å²) in [4.78, 5) is 10.8. The largest absolute Gasteiger partial charge is 0.479 e. The number of carboxylic acid groups (broad SMARTS) is 1. The minimum Gasteiger partial charge on any atom is -0.479 e. The summed E-state index contributed by atoms with van der Waals surface area (Å²) >= 11 is 0. The molecule has 0 aliphatic carbocycles. The average Bonchev–Trinajstić information content (AvgIpc) is 2.20. The SMILES string of the molecule is CCO[C@@H](Cc1ccc(C)cc1)C(=O)O. The molecule has 0 spiro atoms. The summed E-state index contributed by atoms with van der Waals surface area (Å²) in [6.45, 7) is 4.22. The smallest absolute Gasteiger partial charge is 0.333 e. The summed E-state index contributed by atoms with van der Waals surface area (Å²) in [5.41, 5.74) is 2.16. The van der Waals surface area contributed by atoms with Gasteiger partial charge in [-0.3, -0.25) is 0 Å². The number of ether oxygens (including phenoxy) is 1. The Hall–Kier alpha value is -1.35. The Bertz CT molecular complexity index is 316. The zero-order chi connectivity index (χ0) is 11.3. The summed E-state index contributed by atoms with van der Waals surface area (Å²) in [6.07, 6.45) is -0.318. The van der Waals surface area contributed by atoms with E-state index in [9.17, 15) is 4.79 Å². The van der Waals surface area contributed by atoms with E-state index in [1.807, 2.05) is 31.2 Å². The standard InChI is InChI=1S/C12H16O3/c1-3-15-11(12(13)14)8-10-6-4-9(2)5-7-10/h4-7,11H,3,8H2,1-2H3,(H,13,14)/t11-/m0/s1. The predicted octanol–water partition coefficient (Wildman–Crippen LogP) is 2.03. The molecule has 1 aromatic rings. The van der Waals surface area contributed by atoms with Gasteiger partial charge < -0.3 is 9.84 Å². The molecule has 0 bridgehead atoms. The Morgan fingerprint density at radius 3 is 2.47 bits per heavy atom. The van der Waals surface area contributed by atoms with Crippen molar-refractivity contribution in [2.24, 2.45) is 0 Å². The molecule has 0 amide bonds. The molecule has 1 aromatic carbocycles. The van der Waals surface area contributed by atoms with Gasteiger partial charge in [-0.25, -0.2) is 4.79 Å². The molecule has 0 radical (unpaired) electrons. The monoisotopic (exact) mass is 208 g/mol. The lowest BCUT2D eigenvalue weighted by Crippen LogP contribution is -2.26. The van der Waals surface area contributed by atoms with Crippen molar-refractivity contribution in [2.75, 3.05) is 6.61 Å². The number of aliphatic carboxylic acids is 1. The molecular formula is C12H16O3. The second kappa shape index (κ2) is 5.51. The number of carbonyl (C=O) groups is 1. The maximum Gasteiger partial charge on any atom is 0.333 e. The van der Waals surface area contributed by atoms with Gasteiger partial charge in [-0.05, 0) is 19.4 Å². The highest BCUT2D eigenvalue weighted by atomic mass is 16.5. The summed E-state index contributed by atoms with van der Waals surface area (Å²) < 4.78 is 5.14. The molecule has 1 rings (SSSR count). The lowest BCUT2D eigenvalue weighted by Gasteiger charge is -2.12. The first-order valence-electron chi connectivity index (χ1n) is 5.03. The molecular weight excluding hydrogens is 192 g/mol. The highest BCUT2D eigenvalue weighted by Crippen LogP contribution is 2.08. The van der Waals surface area contributed by atoms with Crippen LogP contribution in [0.1, 0.15) is 18.1 Å². The highest BCUT2D eigenvalue weighted by molar-refractivity contribution is 5.72. The van der Waals surface area contributed by atoms with Crippen molar-refractivity contribution >= 4 is 5.97 Å². The summed E-state index contributed by atoms with van der Waals surface area (Å²) in [5.74, 6) is -0.905. The van der Waals surface area contributed by atoms with Gasteiger partial charge in [-0.2, -0.15) is 0 Å². The molecule has 0 saturated heterocycles. The second-order valence-electron chi connectivity index (χ2n) is 3.47. The molecule has 3 nitrogen and oxygen atoms in total. The number of benzene rings is 1. The van der Waals surface area contributed by atoms with Gasteiger partial charge in [0, 0.05) is 13.0 Å². The lowest BCUT2D eigenvalue weighted by atomic mass is 10.1. The Kier molecular flexibility index (Phi) is 4.31. The van der Waals surface area contributed by atoms with Crippen LogP contribution in [0.4, 0.5) is 0 Å². The molecule has 1 N–H and O–H groups in total. The second-order valence-corrected chi connectivity index (χ2v) is 3.47. The van der Waals surface area contributed by atoms with Gasteiger partial charge >= 0.3 is 5.97 Å². The van der Waals surface area contributed by atoms with Crippen LogP contribution in [0, 0.1) is 6.92 Å². The summed E-state index contributed by atoms with van der Waals surface area (Å²) in [7, 11) is 0. The van der Waals surface area contributed by atoms with Crippen molar-refractivity contribution in [3.8, 4) is 0 Å². The van der Waals surface area contributed by atoms with E-state index in [0.717, 1.165) is 5.56 Å². The van der Waals surface area contributed by atoms with Gasteiger partial charge in [0.2, 0.25) is 0 Å². The van der Waals surface area contributed by atoms with Crippen molar-refractivity contribution in [1.29, 1.82) is 0 Å². The van der Waals surface area contributed by atoms with Crippen LogP contribution in [-0.2, 0) is 16.0 Å². The van der Waals surface area contributed by atoms with Crippen LogP contribution in [0.2, 0.25) is 0 Å². The topological polar surface area (TPSA) is 46.5 Å². The van der Waals surface area contributed by atoms with E-state index < -0.39 is 12.1 Å². The van der Waals surface area contributed by atoms with E-state index in [2.05, 4.69) is 0 Å². The first-order chi connectivity index (χ1) is 7.13. The molecule has 3 heteroatoms. The maximum atomic E-state index is 10.8. The van der Waals surface area contributed by atoms with Gasteiger partial charge in [0.05, 0.1) is 0 Å². The maximum absolute atomic E-state index is 10.8. The third-order valence-corrected chi connectivity index (χ3v) is 2.18. The fraction of sp³-hybridized carbons (Fsp3) is 0.417. The number of carboxylic acids is 1. The molecule has 0 aliphatic heterocycles. The third-order valence-electron chi connectivity index (χ3n) is 2.18. The van der Waals surface area contributed by atoms with Crippen molar-refractivity contribution < 1.29 is 14.6 Å². The summed E-state index contributed by atoms with van der Waals surface area (Å²) in [5, 5.41) is 8.90. The molecule has 1 atom stereocenters. The van der Waals surface area contributed by atoms with Crippen molar-refractivity contribution in [3.05, 3.63) is 35.4 Å². The first-order valence-corrected chi connectivity index (χ1v) is 5.03. The number of hydrogen-bond acceptors (Lipinski definition) is 2. The fourth-order valence-corrected chi connectivity index (χ4v) is 1.36. The van der Waals surface area contributed by atoms with E-state index in [1.165, 1.54) is 5.56 Å². The van der Waals surface area contributed by atoms with E-state index in [-0.39, 0.29) is 0 Å². The third kappa shape index (κ3) is 3.72. The Morgan fingerprint density at radius 1 is 1.40 bits per heavy atom. The molecule has 0 heterocycles. The van der Waals surface area contributed by atoms with Gasteiger partial charge in [-0.1, -0.05) is 29.8 Å². The molecule has 0 unspecified atom stereocenters. The molecule has 15 heavy (non-hydrogen) atoms. The lowest BCUT2D eigenvalue weighted by molar-refractivity contribution is -0.149. The van der Waals surface area contributed by atoms with Crippen LogP contribution in [0.25, 0.3) is 0 Å². The van der Waals surface area contributed by atoms with E-state index in [1.54, 1.807) is 6.92 Å². The minimum atomic E-state index is -0.905. The van der Waals surface area contributed by atoms with Gasteiger partial charge in [0.1, 0.15) is 0 Å². The van der Waals surface area contributed by atoms with E-state index >= 15 is 0 Å². The van der Waals surface area contributed by atoms with Crippen LogP contribution in [0.3, 0.4) is 0 Å². The van der Waals surface area contributed by atoms with E-state index in [4.69, 9.17) is 9.84 Å². The predicted molar refractivity (Wildman–Crippen MR) is 57.9 cm³/mol. The van der Waals surface area contributed by atoms with Gasteiger partial charge in [0.15, 0.2) is 6.10 Å². The van der Waals surface area contributed by atoms with Crippen molar-refractivity contribution in [1.82, 2.24) is 0 Å². The molecule has 0 aromatic heterocycles. The molecule has 0 saturated carbocycles. The average molecular weight is 208 g/mol. The van der Waals surface area contributed by atoms with Gasteiger partial charge in [0.25, 0.3) is 0 Å². The Labute approximate surface area is 89.7 Å². The highest BCUT2D eigenvalue weighted by Gasteiger charge is 2.17. The number of hydrogen-bond donors (Lipinski definition) is 1. The normalized spacial score (nSPS) is 12.4. The van der Waals surface area contributed by atoms with Crippen LogP contribution in [0.15, 0.2) is 24.3 Å². The Balaban J connectivity index is 2.65. The molecule has 0 aliphatic rings. The minimum absolute atomic E-state index is 0.419. The van der Waals surface area contributed by atoms with Crippen LogP contribution in [0.5, 0.6) is 0 Å². The zero-order valence-electron chi connectivity index (χ0n) is 9.06. The van der Waals surface area contributed by atoms with Crippen molar-refractivity contribution in [2.45, 2.75) is 26.4 Å². The zero-order valence-corrected chi connectivity index (χ0v) is 9.06. The quantitative estimate of drug-likeness (QED) is 0.805. The number of rotatable bonds is 5. The van der Waals surface area contributed by atoms with Crippen LogP contribution < -0.4 is 0 Å². The van der Waals surface area contributed by atoms with Crippen LogP contribution >= 0.6 is 0 Å². The van der Waals surface area contributed by atoms with E-state index in [0.29, 0.717) is 13.0 Å². The summed E-state index contributed by atoms with van der Waals surface area (Å²) in [6, 6.07) is 7.81. The fourth-order valence-electron chi connectivity index (χ4n) is 1.36. The molecule has 0 fully saturated rings.